The molecule has 1 aliphatic carbocycles. The molecule has 0 aromatic heterocycles. The Morgan fingerprint density at radius 2 is 2.00 bits per heavy atom. The molecular formula is C16H27N3O3. The molecule has 2 atom stereocenters. The number of nitrogens with one attached hydrogen (secondary N) is 2. The molecule has 2 rings (SSSR count). The van der Waals surface area contributed by atoms with Crippen molar-refractivity contribution in [1.29, 1.82) is 0 Å². The van der Waals surface area contributed by atoms with Crippen molar-refractivity contribution in [2.24, 2.45) is 5.92 Å². The highest BCUT2D eigenvalue weighted by atomic mass is 16.2. The Morgan fingerprint density at radius 3 is 2.59 bits per heavy atom. The first kappa shape index (κ1) is 16.8. The normalized spacial score (nSPS) is 27.7. The van der Waals surface area contributed by atoms with Crippen LogP contribution in [0.3, 0.4) is 0 Å². The van der Waals surface area contributed by atoms with Gasteiger partial charge in [0, 0.05) is 19.0 Å². The molecule has 1 saturated heterocycles. The SMILES string of the molecule is C[C@H]1CCCC[C@@H]1NC(=O)CCCN1C(=O)NC(C)(C)C1=O. The van der Waals surface area contributed by atoms with Gasteiger partial charge in [-0.05, 0) is 39.0 Å². The molecule has 22 heavy (non-hydrogen) atoms. The lowest BCUT2D eigenvalue weighted by Crippen LogP contribution is -2.41. The highest BCUT2D eigenvalue weighted by Gasteiger charge is 2.43. The van der Waals surface area contributed by atoms with Crippen LogP contribution in [-0.2, 0) is 9.59 Å². The largest absolute Gasteiger partial charge is 0.353 e. The van der Waals surface area contributed by atoms with Crippen LogP contribution in [0.2, 0.25) is 0 Å². The van der Waals surface area contributed by atoms with Gasteiger partial charge in [0.2, 0.25) is 5.91 Å². The van der Waals surface area contributed by atoms with Gasteiger partial charge < -0.3 is 10.6 Å². The number of imide groups is 1. The van der Waals surface area contributed by atoms with Crippen LogP contribution < -0.4 is 10.6 Å². The van der Waals surface area contributed by atoms with Crippen LogP contribution in [0.1, 0.15) is 59.3 Å². The maximum atomic E-state index is 12.0. The van der Waals surface area contributed by atoms with Gasteiger partial charge in [-0.25, -0.2) is 4.79 Å². The van der Waals surface area contributed by atoms with E-state index in [1.165, 1.54) is 24.2 Å². The fourth-order valence-corrected chi connectivity index (χ4v) is 3.23. The van der Waals surface area contributed by atoms with Crippen LogP contribution in [0.4, 0.5) is 4.79 Å². The van der Waals surface area contributed by atoms with Crippen molar-refractivity contribution in [2.45, 2.75) is 70.9 Å². The van der Waals surface area contributed by atoms with Crippen LogP contribution in [0.15, 0.2) is 0 Å². The van der Waals surface area contributed by atoms with Crippen molar-refractivity contribution in [3.05, 3.63) is 0 Å². The molecule has 2 N–H and O–H groups in total. The lowest BCUT2D eigenvalue weighted by Gasteiger charge is -2.29. The average molecular weight is 309 g/mol. The van der Waals surface area contributed by atoms with Crippen LogP contribution in [-0.4, -0.2) is 40.9 Å². The van der Waals surface area contributed by atoms with Crippen LogP contribution in [0.25, 0.3) is 0 Å². The van der Waals surface area contributed by atoms with Gasteiger partial charge in [0.1, 0.15) is 5.54 Å². The molecule has 2 fully saturated rings. The zero-order chi connectivity index (χ0) is 16.3. The van der Waals surface area contributed by atoms with Gasteiger partial charge in [0.05, 0.1) is 0 Å². The molecular weight excluding hydrogens is 282 g/mol. The van der Waals surface area contributed by atoms with Crippen molar-refractivity contribution in [2.75, 3.05) is 6.54 Å². The van der Waals surface area contributed by atoms with E-state index in [9.17, 15) is 14.4 Å². The highest BCUT2D eigenvalue weighted by molar-refractivity contribution is 6.06. The van der Waals surface area contributed by atoms with Gasteiger partial charge >= 0.3 is 6.03 Å². The Balaban J connectivity index is 1.73. The summed E-state index contributed by atoms with van der Waals surface area (Å²) < 4.78 is 0. The topological polar surface area (TPSA) is 78.5 Å². The molecule has 6 nitrogen and oxygen atoms in total. The molecule has 4 amide bonds. The first-order valence-electron chi connectivity index (χ1n) is 8.25. The van der Waals surface area contributed by atoms with E-state index in [2.05, 4.69) is 17.6 Å². The van der Waals surface area contributed by atoms with Crippen molar-refractivity contribution in [3.8, 4) is 0 Å². The number of hydrogen-bond acceptors (Lipinski definition) is 3. The van der Waals surface area contributed by atoms with Crippen molar-refractivity contribution >= 4 is 17.8 Å². The predicted octanol–water partition coefficient (Wildman–Crippen LogP) is 1.79. The number of nitrogens with zero attached hydrogens (tertiary/aromatic N) is 1. The lowest BCUT2D eigenvalue weighted by molar-refractivity contribution is -0.130. The third kappa shape index (κ3) is 3.78. The van der Waals surface area contributed by atoms with E-state index in [1.807, 2.05) is 0 Å². The lowest BCUT2D eigenvalue weighted by atomic mass is 9.86. The first-order chi connectivity index (χ1) is 10.3. The van der Waals surface area contributed by atoms with E-state index < -0.39 is 5.54 Å². The molecule has 0 aromatic rings. The van der Waals surface area contributed by atoms with E-state index in [-0.39, 0.29) is 23.9 Å². The molecule has 0 aromatic carbocycles. The summed E-state index contributed by atoms with van der Waals surface area (Å²) in [5, 5.41) is 5.73. The second kappa shape index (κ2) is 6.67. The maximum absolute atomic E-state index is 12.0. The maximum Gasteiger partial charge on any atom is 0.325 e. The molecule has 2 aliphatic rings. The zero-order valence-electron chi connectivity index (χ0n) is 13.8. The highest BCUT2D eigenvalue weighted by Crippen LogP contribution is 2.23. The number of urea groups is 1. The molecule has 6 heteroatoms. The smallest absolute Gasteiger partial charge is 0.325 e. The molecule has 124 valence electrons. The Labute approximate surface area is 132 Å². The first-order valence-corrected chi connectivity index (χ1v) is 8.25. The summed E-state index contributed by atoms with van der Waals surface area (Å²) in [6.45, 7) is 5.84. The van der Waals surface area contributed by atoms with Crippen LogP contribution in [0, 0.1) is 5.92 Å². The number of carbonyl (C=O) groups excluding carboxylic acids is 3. The predicted molar refractivity (Wildman–Crippen MR) is 83.1 cm³/mol. The molecule has 1 saturated carbocycles. The summed E-state index contributed by atoms with van der Waals surface area (Å²) in [5.74, 6) is 0.327. The van der Waals surface area contributed by atoms with Gasteiger partial charge in [-0.1, -0.05) is 19.8 Å². The van der Waals surface area contributed by atoms with Gasteiger partial charge in [0.15, 0.2) is 0 Å². The standard InChI is InChI=1S/C16H27N3O3/c1-11-7-4-5-8-12(11)17-13(20)9-6-10-19-14(21)16(2,3)18-15(19)22/h11-12H,4-10H2,1-3H3,(H,17,20)(H,18,22)/t11-,12-/m0/s1. The number of hydrogen-bond donors (Lipinski definition) is 2. The van der Waals surface area contributed by atoms with Crippen LogP contribution in [0.5, 0.6) is 0 Å². The quantitative estimate of drug-likeness (QED) is 0.760. The fraction of sp³-hybridized carbons (Fsp3) is 0.812. The molecule has 0 unspecified atom stereocenters. The molecule has 0 radical (unpaired) electrons. The van der Waals surface area contributed by atoms with Crippen LogP contribution >= 0.6 is 0 Å². The number of rotatable bonds is 5. The minimum Gasteiger partial charge on any atom is -0.353 e. The Morgan fingerprint density at radius 1 is 1.32 bits per heavy atom. The average Bonchev–Trinajstić information content (AvgIpc) is 2.63. The second-order valence-corrected chi connectivity index (χ2v) is 7.05. The summed E-state index contributed by atoms with van der Waals surface area (Å²) in [4.78, 5) is 37.0. The van der Waals surface area contributed by atoms with Crippen molar-refractivity contribution in [3.63, 3.8) is 0 Å². The molecule has 1 heterocycles. The minimum absolute atomic E-state index is 0.0186. The summed E-state index contributed by atoms with van der Waals surface area (Å²) in [7, 11) is 0. The van der Waals surface area contributed by atoms with E-state index in [0.29, 0.717) is 25.3 Å². The van der Waals surface area contributed by atoms with E-state index in [1.54, 1.807) is 13.8 Å². The Bertz CT molecular complexity index is 462. The molecule has 0 spiro atoms. The summed E-state index contributed by atoms with van der Waals surface area (Å²) in [5.41, 5.74) is -0.836. The number of carbonyl (C=O) groups is 3. The van der Waals surface area contributed by atoms with E-state index >= 15 is 0 Å². The fourth-order valence-electron chi connectivity index (χ4n) is 3.23. The van der Waals surface area contributed by atoms with Gasteiger partial charge in [0.25, 0.3) is 5.91 Å². The zero-order valence-corrected chi connectivity index (χ0v) is 13.8. The molecule has 0 bridgehead atoms. The summed E-state index contributed by atoms with van der Waals surface area (Å²) in [6, 6.07) is -0.0896. The van der Waals surface area contributed by atoms with E-state index in [4.69, 9.17) is 0 Å². The summed E-state index contributed by atoms with van der Waals surface area (Å²) in [6.07, 6.45) is 5.49. The number of amides is 4. The Hall–Kier alpha value is -1.59. The third-order valence-electron chi connectivity index (χ3n) is 4.69. The van der Waals surface area contributed by atoms with Crippen molar-refractivity contribution in [1.82, 2.24) is 15.5 Å². The van der Waals surface area contributed by atoms with Gasteiger partial charge in [-0.3, -0.25) is 14.5 Å². The third-order valence-corrected chi connectivity index (χ3v) is 4.69. The van der Waals surface area contributed by atoms with Gasteiger partial charge in [-0.15, -0.1) is 0 Å². The summed E-state index contributed by atoms with van der Waals surface area (Å²) >= 11 is 0. The van der Waals surface area contributed by atoms with Crippen molar-refractivity contribution < 1.29 is 14.4 Å². The monoisotopic (exact) mass is 309 g/mol. The second-order valence-electron chi connectivity index (χ2n) is 7.05. The van der Waals surface area contributed by atoms with Gasteiger partial charge in [-0.2, -0.15) is 0 Å². The molecule has 1 aliphatic heterocycles. The van der Waals surface area contributed by atoms with E-state index in [0.717, 1.165) is 6.42 Å². The minimum atomic E-state index is -0.836. The Kier molecular flexibility index (Phi) is 5.08.